The van der Waals surface area contributed by atoms with Crippen LogP contribution < -0.4 is 5.73 Å². The Bertz CT molecular complexity index is 993. The topological polar surface area (TPSA) is 93.9 Å². The van der Waals surface area contributed by atoms with Crippen LogP contribution in [0.3, 0.4) is 0 Å². The van der Waals surface area contributed by atoms with E-state index in [0.29, 0.717) is 29.9 Å². The summed E-state index contributed by atoms with van der Waals surface area (Å²) in [6, 6.07) is 13.9. The molecule has 0 unspecified atom stereocenters. The lowest BCUT2D eigenvalue weighted by atomic mass is 9.79. The quantitative estimate of drug-likeness (QED) is 0.902. The largest absolute Gasteiger partial charge is 0.444 e. The molecule has 1 atom stereocenters. The molecular formula is C20H18N4O2. The molecule has 1 aliphatic heterocycles. The number of allylic oxidation sites excluding steroid dienone is 3. The van der Waals surface area contributed by atoms with Gasteiger partial charge in [-0.1, -0.05) is 30.3 Å². The number of ketones is 1. The molecule has 2 heterocycles. The van der Waals surface area contributed by atoms with Crippen molar-refractivity contribution in [3.8, 4) is 17.3 Å². The maximum atomic E-state index is 12.6. The molecule has 0 spiro atoms. The van der Waals surface area contributed by atoms with Gasteiger partial charge >= 0.3 is 0 Å². The van der Waals surface area contributed by atoms with Gasteiger partial charge in [-0.05, 0) is 18.1 Å². The van der Waals surface area contributed by atoms with Gasteiger partial charge < -0.3 is 10.5 Å². The van der Waals surface area contributed by atoms with E-state index in [0.717, 1.165) is 17.7 Å². The van der Waals surface area contributed by atoms with Gasteiger partial charge in [-0.3, -0.25) is 9.48 Å². The summed E-state index contributed by atoms with van der Waals surface area (Å²) in [5.74, 6) is 0.0798. The van der Waals surface area contributed by atoms with Gasteiger partial charge in [0.05, 0.1) is 17.3 Å². The van der Waals surface area contributed by atoms with Crippen LogP contribution in [0.4, 0.5) is 0 Å². The highest BCUT2D eigenvalue weighted by atomic mass is 16.5. The third-order valence-corrected chi connectivity index (χ3v) is 4.87. The number of carbonyl (C=O) groups is 1. The Kier molecular flexibility index (Phi) is 3.85. The van der Waals surface area contributed by atoms with Crippen LogP contribution in [0.25, 0.3) is 11.3 Å². The molecule has 1 aromatic heterocycles. The Morgan fingerprint density at radius 3 is 2.81 bits per heavy atom. The van der Waals surface area contributed by atoms with E-state index in [2.05, 4.69) is 11.2 Å². The predicted molar refractivity (Wildman–Crippen MR) is 95.2 cm³/mol. The molecule has 2 N–H and O–H groups in total. The number of nitrogens with two attached hydrogens (primary N) is 1. The zero-order chi connectivity index (χ0) is 18.3. The maximum absolute atomic E-state index is 12.6. The van der Waals surface area contributed by atoms with Gasteiger partial charge in [-0.25, -0.2) is 0 Å². The molecule has 1 aromatic carbocycles. The van der Waals surface area contributed by atoms with Gasteiger partial charge in [-0.15, -0.1) is 0 Å². The highest BCUT2D eigenvalue weighted by molar-refractivity contribution is 5.99. The van der Waals surface area contributed by atoms with Gasteiger partial charge in [0.15, 0.2) is 5.78 Å². The lowest BCUT2D eigenvalue weighted by molar-refractivity contribution is -0.116. The number of hydrogen-bond acceptors (Lipinski definition) is 5. The summed E-state index contributed by atoms with van der Waals surface area (Å²) in [7, 11) is 1.85. The van der Waals surface area contributed by atoms with E-state index >= 15 is 0 Å². The van der Waals surface area contributed by atoms with E-state index in [1.807, 2.05) is 43.4 Å². The van der Waals surface area contributed by atoms with Crippen molar-refractivity contribution in [1.82, 2.24) is 9.78 Å². The monoisotopic (exact) mass is 346 g/mol. The molecule has 0 saturated heterocycles. The lowest BCUT2D eigenvalue weighted by Gasteiger charge is -2.29. The Labute approximate surface area is 151 Å². The number of aromatic nitrogens is 2. The number of hydrogen-bond donors (Lipinski definition) is 1. The Balaban J connectivity index is 1.87. The molecule has 0 bridgehead atoms. The number of rotatable bonds is 2. The highest BCUT2D eigenvalue weighted by Gasteiger charge is 2.39. The maximum Gasteiger partial charge on any atom is 0.205 e. The average Bonchev–Trinajstić information content (AvgIpc) is 3.03. The summed E-state index contributed by atoms with van der Waals surface area (Å²) < 4.78 is 7.36. The molecule has 0 amide bonds. The molecule has 1 aliphatic carbocycles. The summed E-state index contributed by atoms with van der Waals surface area (Å²) >= 11 is 0. The van der Waals surface area contributed by atoms with Crippen LogP contribution >= 0.6 is 0 Å². The van der Waals surface area contributed by atoms with Crippen LogP contribution in [-0.2, 0) is 16.6 Å². The number of benzene rings is 1. The Morgan fingerprint density at radius 2 is 2.08 bits per heavy atom. The standard InChI is InChI=1S/C20H18N4O2/c1-24-15(12-6-3-2-4-7-12)10-14(23-24)18-13(11-21)20(22)26-17-9-5-8-16(25)19(17)18/h2-4,6-7,10,18H,5,8-9,22H2,1H3/t18-/m0/s1. The van der Waals surface area contributed by atoms with Crippen molar-refractivity contribution >= 4 is 5.78 Å². The van der Waals surface area contributed by atoms with Crippen LogP contribution in [0.15, 0.2) is 59.2 Å². The smallest absolute Gasteiger partial charge is 0.205 e. The number of nitriles is 1. The molecular weight excluding hydrogens is 328 g/mol. The summed E-state index contributed by atoms with van der Waals surface area (Å²) in [4.78, 5) is 12.6. The van der Waals surface area contributed by atoms with Crippen molar-refractivity contribution in [3.05, 3.63) is 64.9 Å². The van der Waals surface area contributed by atoms with Crippen molar-refractivity contribution in [2.24, 2.45) is 12.8 Å². The van der Waals surface area contributed by atoms with E-state index in [1.165, 1.54) is 0 Å². The molecule has 4 rings (SSSR count). The van der Waals surface area contributed by atoms with Crippen molar-refractivity contribution in [2.45, 2.75) is 25.2 Å². The molecule has 26 heavy (non-hydrogen) atoms. The van der Waals surface area contributed by atoms with Crippen LogP contribution in [0.5, 0.6) is 0 Å². The second kappa shape index (κ2) is 6.19. The average molecular weight is 346 g/mol. The first kappa shape index (κ1) is 16.2. The third-order valence-electron chi connectivity index (χ3n) is 4.87. The third kappa shape index (κ3) is 2.49. The molecule has 6 heteroatoms. The lowest BCUT2D eigenvalue weighted by Crippen LogP contribution is -2.27. The second-order valence-corrected chi connectivity index (χ2v) is 6.48. The molecule has 2 aliphatic rings. The summed E-state index contributed by atoms with van der Waals surface area (Å²) in [5, 5.41) is 14.2. The van der Waals surface area contributed by atoms with Crippen LogP contribution in [0.2, 0.25) is 0 Å². The van der Waals surface area contributed by atoms with E-state index in [-0.39, 0.29) is 17.2 Å². The van der Waals surface area contributed by atoms with Crippen LogP contribution in [-0.4, -0.2) is 15.6 Å². The number of carbonyl (C=O) groups excluding carboxylic acids is 1. The molecule has 130 valence electrons. The fourth-order valence-electron chi connectivity index (χ4n) is 3.66. The van der Waals surface area contributed by atoms with Gasteiger partial charge in [0, 0.05) is 25.5 Å². The second-order valence-electron chi connectivity index (χ2n) is 6.48. The predicted octanol–water partition coefficient (Wildman–Crippen LogP) is 2.90. The minimum absolute atomic E-state index is 0.00316. The van der Waals surface area contributed by atoms with E-state index in [1.54, 1.807) is 4.68 Å². The first-order valence-electron chi connectivity index (χ1n) is 8.53. The molecule has 0 saturated carbocycles. The first-order chi connectivity index (χ1) is 12.6. The van der Waals surface area contributed by atoms with Gasteiger partial charge in [0.25, 0.3) is 0 Å². The summed E-state index contributed by atoms with van der Waals surface area (Å²) in [6.07, 6.45) is 1.84. The Morgan fingerprint density at radius 1 is 1.31 bits per heavy atom. The highest BCUT2D eigenvalue weighted by Crippen LogP contribution is 2.43. The minimum atomic E-state index is -0.569. The van der Waals surface area contributed by atoms with E-state index < -0.39 is 5.92 Å². The van der Waals surface area contributed by atoms with Gasteiger partial charge in [-0.2, -0.15) is 10.4 Å². The molecule has 2 aromatic rings. The normalized spacial score (nSPS) is 19.8. The van der Waals surface area contributed by atoms with Crippen LogP contribution in [0, 0.1) is 11.3 Å². The molecule has 0 radical (unpaired) electrons. The molecule has 0 fully saturated rings. The fourth-order valence-corrected chi connectivity index (χ4v) is 3.66. The van der Waals surface area contributed by atoms with Crippen molar-refractivity contribution in [1.29, 1.82) is 5.26 Å². The summed E-state index contributed by atoms with van der Waals surface area (Å²) in [5.41, 5.74) is 9.32. The number of ether oxygens (including phenoxy) is 1. The zero-order valence-corrected chi connectivity index (χ0v) is 14.4. The first-order valence-corrected chi connectivity index (χ1v) is 8.53. The van der Waals surface area contributed by atoms with Crippen LogP contribution in [0.1, 0.15) is 30.9 Å². The molecule has 6 nitrogen and oxygen atoms in total. The number of Topliss-reactive ketones (excluding diaryl/α,β-unsaturated/α-hetero) is 1. The van der Waals surface area contributed by atoms with Crippen molar-refractivity contribution in [3.63, 3.8) is 0 Å². The number of nitrogens with zero attached hydrogens (tertiary/aromatic N) is 3. The van der Waals surface area contributed by atoms with Gasteiger partial charge in [0.1, 0.15) is 17.4 Å². The Hall–Kier alpha value is -3.33. The van der Waals surface area contributed by atoms with E-state index in [9.17, 15) is 10.1 Å². The number of aryl methyl sites for hydroxylation is 1. The SMILES string of the molecule is Cn1nc([C@@H]2C(C#N)=C(N)OC3=C2C(=O)CCC3)cc1-c1ccccc1. The minimum Gasteiger partial charge on any atom is -0.444 e. The summed E-state index contributed by atoms with van der Waals surface area (Å²) in [6.45, 7) is 0. The van der Waals surface area contributed by atoms with E-state index in [4.69, 9.17) is 10.5 Å². The van der Waals surface area contributed by atoms with Crippen molar-refractivity contribution in [2.75, 3.05) is 0 Å². The zero-order valence-electron chi connectivity index (χ0n) is 14.4. The van der Waals surface area contributed by atoms with Crippen molar-refractivity contribution < 1.29 is 9.53 Å². The van der Waals surface area contributed by atoms with Gasteiger partial charge in [0.2, 0.25) is 5.88 Å². The fraction of sp³-hybridized carbons (Fsp3) is 0.250.